The third kappa shape index (κ3) is 5.35. The van der Waals surface area contributed by atoms with Crippen LogP contribution in [0.2, 0.25) is 10.0 Å². The number of amides is 1. The first-order valence-electron chi connectivity index (χ1n) is 10.8. The van der Waals surface area contributed by atoms with Crippen molar-refractivity contribution >= 4 is 40.7 Å². The lowest BCUT2D eigenvalue weighted by molar-refractivity contribution is -0.140. The number of rotatable bonds is 9. The van der Waals surface area contributed by atoms with Gasteiger partial charge in [0.2, 0.25) is 0 Å². The average molecular weight is 492 g/mol. The lowest BCUT2D eigenvalue weighted by atomic mass is 9.95. The number of carbonyl (C=O) groups excluding carboxylic acids is 2. The number of aliphatic hydroxyl groups is 1. The zero-order valence-corrected chi connectivity index (χ0v) is 20.4. The SMILES string of the molecule is CCCCOc1ccc(C(O)=C2C(=O)C(=O)N(CCOC)C2c2ccc(Cl)c(Cl)c2)cc1C. The lowest BCUT2D eigenvalue weighted by Crippen LogP contribution is -2.32. The largest absolute Gasteiger partial charge is 0.507 e. The average Bonchev–Trinajstić information content (AvgIpc) is 3.05. The summed E-state index contributed by atoms with van der Waals surface area (Å²) in [5.74, 6) is -1.02. The van der Waals surface area contributed by atoms with Crippen molar-refractivity contribution in [2.24, 2.45) is 0 Å². The van der Waals surface area contributed by atoms with Crippen molar-refractivity contribution in [3.05, 3.63) is 68.7 Å². The van der Waals surface area contributed by atoms with Crippen LogP contribution >= 0.6 is 23.2 Å². The van der Waals surface area contributed by atoms with E-state index in [1.165, 1.54) is 12.0 Å². The highest BCUT2D eigenvalue weighted by Crippen LogP contribution is 2.41. The molecule has 1 fully saturated rings. The summed E-state index contributed by atoms with van der Waals surface area (Å²) in [6.45, 7) is 4.96. The fourth-order valence-corrected chi connectivity index (χ4v) is 4.08. The highest BCUT2D eigenvalue weighted by molar-refractivity contribution is 6.46. The van der Waals surface area contributed by atoms with Crippen LogP contribution in [0.15, 0.2) is 42.0 Å². The molecule has 0 aromatic heterocycles. The number of ether oxygens (including phenoxy) is 2. The van der Waals surface area contributed by atoms with Gasteiger partial charge in [0.15, 0.2) is 0 Å². The van der Waals surface area contributed by atoms with E-state index in [9.17, 15) is 14.7 Å². The minimum Gasteiger partial charge on any atom is -0.507 e. The summed E-state index contributed by atoms with van der Waals surface area (Å²) in [6.07, 6.45) is 1.96. The van der Waals surface area contributed by atoms with Crippen molar-refractivity contribution in [3.8, 4) is 5.75 Å². The smallest absolute Gasteiger partial charge is 0.295 e. The summed E-state index contributed by atoms with van der Waals surface area (Å²) >= 11 is 12.3. The molecule has 2 aromatic rings. The minimum atomic E-state index is -0.823. The molecule has 0 radical (unpaired) electrons. The number of Topliss-reactive ketones (excluding diaryl/α,β-unsaturated/α-hetero) is 1. The maximum Gasteiger partial charge on any atom is 0.295 e. The molecular weight excluding hydrogens is 465 g/mol. The van der Waals surface area contributed by atoms with Gasteiger partial charge in [-0.3, -0.25) is 9.59 Å². The van der Waals surface area contributed by atoms with E-state index in [4.69, 9.17) is 32.7 Å². The summed E-state index contributed by atoms with van der Waals surface area (Å²) in [7, 11) is 1.51. The number of hydrogen-bond donors (Lipinski definition) is 1. The van der Waals surface area contributed by atoms with Gasteiger partial charge in [0.25, 0.3) is 11.7 Å². The summed E-state index contributed by atoms with van der Waals surface area (Å²) in [4.78, 5) is 27.3. The van der Waals surface area contributed by atoms with E-state index in [1.54, 1.807) is 36.4 Å². The Morgan fingerprint density at radius 3 is 2.48 bits per heavy atom. The van der Waals surface area contributed by atoms with Crippen molar-refractivity contribution < 1.29 is 24.2 Å². The van der Waals surface area contributed by atoms with Gasteiger partial charge in [-0.15, -0.1) is 0 Å². The summed E-state index contributed by atoms with van der Waals surface area (Å²) < 4.78 is 10.9. The topological polar surface area (TPSA) is 76.1 Å². The second kappa shape index (κ2) is 11.1. The number of carbonyl (C=O) groups is 2. The van der Waals surface area contributed by atoms with Gasteiger partial charge in [0, 0.05) is 19.2 Å². The lowest BCUT2D eigenvalue weighted by Gasteiger charge is -2.25. The van der Waals surface area contributed by atoms with E-state index in [-0.39, 0.29) is 29.5 Å². The van der Waals surface area contributed by atoms with Gasteiger partial charge in [-0.25, -0.2) is 0 Å². The first-order valence-corrected chi connectivity index (χ1v) is 11.5. The second-order valence-corrected chi connectivity index (χ2v) is 8.66. The fraction of sp³-hybridized carbons (Fsp3) is 0.360. The van der Waals surface area contributed by atoms with Crippen molar-refractivity contribution in [2.45, 2.75) is 32.7 Å². The highest BCUT2D eigenvalue weighted by Gasteiger charge is 2.46. The number of methoxy groups -OCH3 is 1. The number of likely N-dealkylation sites (tertiary alicyclic amines) is 1. The zero-order chi connectivity index (χ0) is 24.1. The van der Waals surface area contributed by atoms with Gasteiger partial charge in [-0.1, -0.05) is 42.6 Å². The van der Waals surface area contributed by atoms with E-state index in [1.807, 2.05) is 6.92 Å². The molecule has 0 saturated carbocycles. The fourth-order valence-electron chi connectivity index (χ4n) is 3.77. The standard InChI is InChI=1S/C25H27Cl2NO5/c1-4-5-11-33-20-9-7-17(13-15(20)2)23(29)21-22(16-6-8-18(26)19(27)14-16)28(10-12-32-3)25(31)24(21)30/h6-9,13-14,22,29H,4-5,10-12H2,1-3H3. The van der Waals surface area contributed by atoms with Gasteiger partial charge in [-0.2, -0.15) is 0 Å². The summed E-state index contributed by atoms with van der Waals surface area (Å²) in [5.41, 5.74) is 1.80. The van der Waals surface area contributed by atoms with Crippen molar-refractivity contribution in [3.63, 3.8) is 0 Å². The molecule has 8 heteroatoms. The maximum absolute atomic E-state index is 13.0. The molecule has 0 spiro atoms. The third-order valence-electron chi connectivity index (χ3n) is 5.54. The number of hydrogen-bond acceptors (Lipinski definition) is 5. The van der Waals surface area contributed by atoms with Crippen LogP contribution < -0.4 is 4.74 Å². The zero-order valence-electron chi connectivity index (χ0n) is 18.9. The Bertz CT molecular complexity index is 1080. The molecule has 1 heterocycles. The predicted molar refractivity (Wildman–Crippen MR) is 129 cm³/mol. The van der Waals surface area contributed by atoms with Crippen LogP contribution in [-0.4, -0.2) is 48.6 Å². The molecule has 1 aliphatic heterocycles. The molecule has 1 aliphatic rings. The Morgan fingerprint density at radius 2 is 1.85 bits per heavy atom. The van der Waals surface area contributed by atoms with Gasteiger partial charge < -0.3 is 19.5 Å². The monoisotopic (exact) mass is 491 g/mol. The second-order valence-electron chi connectivity index (χ2n) is 7.84. The van der Waals surface area contributed by atoms with Crippen LogP contribution in [0, 0.1) is 6.92 Å². The Hall–Kier alpha value is -2.54. The van der Waals surface area contributed by atoms with Gasteiger partial charge in [0.1, 0.15) is 11.5 Å². The molecule has 0 aliphatic carbocycles. The Labute approximate surface area is 203 Å². The summed E-state index contributed by atoms with van der Waals surface area (Å²) in [6, 6.07) is 9.24. The molecule has 176 valence electrons. The molecule has 1 saturated heterocycles. The number of halogens is 2. The quantitative estimate of drug-likeness (QED) is 0.215. The van der Waals surface area contributed by atoms with E-state index in [0.29, 0.717) is 28.5 Å². The van der Waals surface area contributed by atoms with E-state index in [0.717, 1.165) is 18.4 Å². The van der Waals surface area contributed by atoms with Crippen LogP contribution in [0.5, 0.6) is 5.75 Å². The maximum atomic E-state index is 13.0. The number of unbranched alkanes of at least 4 members (excludes halogenated alkanes) is 1. The van der Waals surface area contributed by atoms with Crippen LogP contribution in [0.1, 0.15) is 42.5 Å². The predicted octanol–water partition coefficient (Wildman–Crippen LogP) is 5.55. The van der Waals surface area contributed by atoms with Gasteiger partial charge in [0.05, 0.1) is 34.9 Å². The first kappa shape index (κ1) is 25.1. The van der Waals surface area contributed by atoms with Crippen molar-refractivity contribution in [2.75, 3.05) is 26.9 Å². The highest BCUT2D eigenvalue weighted by atomic mass is 35.5. The molecule has 0 bridgehead atoms. The number of aliphatic hydroxyl groups excluding tert-OH is 1. The van der Waals surface area contributed by atoms with Crippen molar-refractivity contribution in [1.29, 1.82) is 0 Å². The van der Waals surface area contributed by atoms with Crippen LogP contribution in [0.25, 0.3) is 5.76 Å². The van der Waals surface area contributed by atoms with Crippen molar-refractivity contribution in [1.82, 2.24) is 4.90 Å². The molecule has 1 unspecified atom stereocenters. The molecular formula is C25H27Cl2NO5. The van der Waals surface area contributed by atoms with Gasteiger partial charge in [-0.05, 0) is 54.8 Å². The molecule has 3 rings (SSSR count). The minimum absolute atomic E-state index is 0.00598. The Balaban J connectivity index is 2.08. The van der Waals surface area contributed by atoms with E-state index < -0.39 is 17.7 Å². The Kier molecular flexibility index (Phi) is 8.40. The number of aryl methyl sites for hydroxylation is 1. The van der Waals surface area contributed by atoms with Gasteiger partial charge >= 0.3 is 0 Å². The third-order valence-corrected chi connectivity index (χ3v) is 6.28. The molecule has 1 N–H and O–H groups in total. The number of nitrogens with zero attached hydrogens (tertiary/aromatic N) is 1. The van der Waals surface area contributed by atoms with E-state index in [2.05, 4.69) is 6.92 Å². The molecule has 1 amide bonds. The Morgan fingerprint density at radius 1 is 1.09 bits per heavy atom. The molecule has 2 aromatic carbocycles. The van der Waals surface area contributed by atoms with Crippen LogP contribution in [0.3, 0.4) is 0 Å². The summed E-state index contributed by atoms with van der Waals surface area (Å²) in [5, 5.41) is 11.8. The first-order chi connectivity index (χ1) is 15.8. The normalized spacial score (nSPS) is 17.6. The molecule has 33 heavy (non-hydrogen) atoms. The van der Waals surface area contributed by atoms with Crippen LogP contribution in [-0.2, 0) is 14.3 Å². The number of ketones is 1. The molecule has 6 nitrogen and oxygen atoms in total. The molecule has 1 atom stereocenters. The van der Waals surface area contributed by atoms with Crippen LogP contribution in [0.4, 0.5) is 0 Å². The number of benzene rings is 2. The van der Waals surface area contributed by atoms with E-state index >= 15 is 0 Å².